The van der Waals surface area contributed by atoms with Crippen LogP contribution in [0.1, 0.15) is 23.4 Å². The number of halogens is 3. The van der Waals surface area contributed by atoms with Gasteiger partial charge in [-0.05, 0) is 6.07 Å². The lowest BCUT2D eigenvalue weighted by molar-refractivity contribution is 0.146. The summed E-state index contributed by atoms with van der Waals surface area (Å²) < 4.78 is 36.2. The van der Waals surface area contributed by atoms with E-state index in [2.05, 4.69) is 4.98 Å². The molecule has 0 fully saturated rings. The predicted octanol–water partition coefficient (Wildman–Crippen LogP) is 2.36. The molecule has 0 amide bonds. The summed E-state index contributed by atoms with van der Waals surface area (Å²) in [6.07, 6.45) is -2.74. The fourth-order valence-electron chi connectivity index (χ4n) is 0.829. The molecule has 0 aliphatic heterocycles. The highest BCUT2D eigenvalue weighted by Gasteiger charge is 2.11. The highest BCUT2D eigenvalue weighted by atomic mass is 19.3. The van der Waals surface area contributed by atoms with Crippen molar-refractivity contribution in [3.05, 3.63) is 29.1 Å². The Hall–Kier alpha value is -1.57. The van der Waals surface area contributed by atoms with Gasteiger partial charge in [0.2, 0.25) is 0 Å². The van der Waals surface area contributed by atoms with Crippen LogP contribution in [0.4, 0.5) is 13.2 Å². The molecule has 0 spiro atoms. The molecule has 5 heteroatoms. The van der Waals surface area contributed by atoms with Crippen LogP contribution in [-0.4, -0.2) is 4.98 Å². The first-order chi connectivity index (χ1) is 6.19. The van der Waals surface area contributed by atoms with Crippen LogP contribution in [0.2, 0.25) is 0 Å². The molecule has 13 heavy (non-hydrogen) atoms. The van der Waals surface area contributed by atoms with Crippen LogP contribution >= 0.6 is 0 Å². The molecule has 0 aliphatic rings. The van der Waals surface area contributed by atoms with Crippen LogP contribution < -0.4 is 0 Å². The largest absolute Gasteiger partial charge is 0.280 e. The SMILES string of the molecule is N#Cc1nc(C(F)F)ccc1CF. The second-order valence-electron chi connectivity index (χ2n) is 2.29. The zero-order valence-corrected chi connectivity index (χ0v) is 6.47. The van der Waals surface area contributed by atoms with Gasteiger partial charge in [-0.1, -0.05) is 6.07 Å². The Bertz CT molecular complexity index is 344. The molecule has 1 aromatic rings. The van der Waals surface area contributed by atoms with E-state index in [1.807, 2.05) is 0 Å². The zero-order chi connectivity index (χ0) is 9.84. The van der Waals surface area contributed by atoms with Crippen molar-refractivity contribution in [2.75, 3.05) is 0 Å². The maximum Gasteiger partial charge on any atom is 0.280 e. The Morgan fingerprint density at radius 2 is 2.15 bits per heavy atom. The topological polar surface area (TPSA) is 36.7 Å². The normalized spacial score (nSPS) is 10.1. The van der Waals surface area contributed by atoms with E-state index in [1.165, 1.54) is 0 Å². The minimum absolute atomic E-state index is 0.0342. The summed E-state index contributed by atoms with van der Waals surface area (Å²) >= 11 is 0. The third-order valence-electron chi connectivity index (χ3n) is 1.47. The molecule has 68 valence electrons. The van der Waals surface area contributed by atoms with Crippen LogP contribution in [0.15, 0.2) is 12.1 Å². The first-order valence-corrected chi connectivity index (χ1v) is 3.43. The molecule has 0 saturated heterocycles. The molecular formula is C8H5F3N2. The quantitative estimate of drug-likeness (QED) is 0.710. The van der Waals surface area contributed by atoms with Gasteiger partial charge in [0.1, 0.15) is 24.1 Å². The zero-order valence-electron chi connectivity index (χ0n) is 6.47. The van der Waals surface area contributed by atoms with Crippen molar-refractivity contribution in [1.29, 1.82) is 5.26 Å². The predicted molar refractivity (Wildman–Crippen MR) is 38.7 cm³/mol. The van der Waals surface area contributed by atoms with Crippen molar-refractivity contribution in [1.82, 2.24) is 4.98 Å². The highest BCUT2D eigenvalue weighted by Crippen LogP contribution is 2.18. The van der Waals surface area contributed by atoms with Gasteiger partial charge in [0.25, 0.3) is 6.43 Å². The number of nitrogens with zero attached hydrogens (tertiary/aromatic N) is 2. The van der Waals surface area contributed by atoms with Crippen molar-refractivity contribution >= 4 is 0 Å². The van der Waals surface area contributed by atoms with E-state index in [0.29, 0.717) is 0 Å². The molecule has 1 heterocycles. The molecular weight excluding hydrogens is 181 g/mol. The number of hydrogen-bond donors (Lipinski definition) is 0. The summed E-state index contributed by atoms with van der Waals surface area (Å²) in [6.45, 7) is -0.876. The third kappa shape index (κ3) is 1.96. The number of alkyl halides is 3. The maximum absolute atomic E-state index is 12.1. The van der Waals surface area contributed by atoms with E-state index in [4.69, 9.17) is 5.26 Å². The number of nitriles is 1. The van der Waals surface area contributed by atoms with Crippen LogP contribution in [0.5, 0.6) is 0 Å². The highest BCUT2D eigenvalue weighted by molar-refractivity contribution is 5.32. The molecule has 0 aliphatic carbocycles. The van der Waals surface area contributed by atoms with E-state index in [1.54, 1.807) is 6.07 Å². The summed E-state index contributed by atoms with van der Waals surface area (Å²) in [4.78, 5) is 3.31. The molecule has 0 unspecified atom stereocenters. The molecule has 0 saturated carbocycles. The lowest BCUT2D eigenvalue weighted by Crippen LogP contribution is -1.97. The summed E-state index contributed by atoms with van der Waals surface area (Å²) in [5.41, 5.74) is -0.749. The number of hydrogen-bond acceptors (Lipinski definition) is 2. The van der Waals surface area contributed by atoms with Crippen molar-refractivity contribution < 1.29 is 13.2 Å². The molecule has 1 aromatic heterocycles. The smallest absolute Gasteiger partial charge is 0.246 e. The Balaban J connectivity index is 3.15. The lowest BCUT2D eigenvalue weighted by atomic mass is 10.2. The van der Waals surface area contributed by atoms with E-state index in [0.717, 1.165) is 12.1 Å². The van der Waals surface area contributed by atoms with Gasteiger partial charge in [0.15, 0.2) is 0 Å². The number of aromatic nitrogens is 1. The average molecular weight is 186 g/mol. The van der Waals surface area contributed by atoms with Gasteiger partial charge in [-0.3, -0.25) is 0 Å². The maximum atomic E-state index is 12.1. The Kier molecular flexibility index (Phi) is 2.85. The minimum Gasteiger partial charge on any atom is -0.246 e. The van der Waals surface area contributed by atoms with Gasteiger partial charge in [-0.15, -0.1) is 0 Å². The average Bonchev–Trinajstić information content (AvgIpc) is 2.16. The van der Waals surface area contributed by atoms with Crippen molar-refractivity contribution in [2.24, 2.45) is 0 Å². The molecule has 1 rings (SSSR count). The molecule has 2 nitrogen and oxygen atoms in total. The van der Waals surface area contributed by atoms with Gasteiger partial charge < -0.3 is 0 Å². The van der Waals surface area contributed by atoms with E-state index in [-0.39, 0.29) is 11.3 Å². The Morgan fingerprint density at radius 1 is 1.46 bits per heavy atom. The Morgan fingerprint density at radius 3 is 2.62 bits per heavy atom. The van der Waals surface area contributed by atoms with Crippen molar-refractivity contribution in [3.8, 4) is 6.07 Å². The fourth-order valence-corrected chi connectivity index (χ4v) is 0.829. The van der Waals surface area contributed by atoms with Crippen LogP contribution in [0, 0.1) is 11.3 Å². The van der Waals surface area contributed by atoms with Crippen LogP contribution in [0.25, 0.3) is 0 Å². The molecule has 0 atom stereocenters. The summed E-state index contributed by atoms with van der Waals surface area (Å²) in [7, 11) is 0. The van der Waals surface area contributed by atoms with Crippen LogP contribution in [0.3, 0.4) is 0 Å². The molecule has 0 aromatic carbocycles. The first-order valence-electron chi connectivity index (χ1n) is 3.43. The van der Waals surface area contributed by atoms with E-state index < -0.39 is 18.8 Å². The van der Waals surface area contributed by atoms with Gasteiger partial charge in [0, 0.05) is 5.56 Å². The third-order valence-corrected chi connectivity index (χ3v) is 1.47. The van der Waals surface area contributed by atoms with Gasteiger partial charge >= 0.3 is 0 Å². The second-order valence-corrected chi connectivity index (χ2v) is 2.29. The number of pyridine rings is 1. The first kappa shape index (κ1) is 9.52. The monoisotopic (exact) mass is 186 g/mol. The number of rotatable bonds is 2. The Labute approximate surface area is 72.6 Å². The van der Waals surface area contributed by atoms with Gasteiger partial charge in [-0.2, -0.15) is 5.26 Å². The van der Waals surface area contributed by atoms with Gasteiger partial charge in [-0.25, -0.2) is 18.2 Å². The summed E-state index contributed by atoms with van der Waals surface area (Å²) in [6, 6.07) is 3.72. The van der Waals surface area contributed by atoms with E-state index in [9.17, 15) is 13.2 Å². The van der Waals surface area contributed by atoms with Crippen LogP contribution in [-0.2, 0) is 6.67 Å². The van der Waals surface area contributed by atoms with Crippen molar-refractivity contribution in [3.63, 3.8) is 0 Å². The lowest BCUT2D eigenvalue weighted by Gasteiger charge is -2.01. The van der Waals surface area contributed by atoms with E-state index >= 15 is 0 Å². The summed E-state index contributed by atoms with van der Waals surface area (Å²) in [5.74, 6) is 0. The fraction of sp³-hybridized carbons (Fsp3) is 0.250. The van der Waals surface area contributed by atoms with Gasteiger partial charge in [0.05, 0.1) is 0 Å². The minimum atomic E-state index is -2.74. The molecule has 0 bridgehead atoms. The second kappa shape index (κ2) is 3.90. The standard InChI is InChI=1S/C8H5F3N2/c9-3-5-1-2-6(8(10)11)13-7(5)4-12/h1-2,8H,3H2. The van der Waals surface area contributed by atoms with Crippen molar-refractivity contribution in [2.45, 2.75) is 13.1 Å². The molecule has 0 N–H and O–H groups in total. The summed E-state index contributed by atoms with van der Waals surface area (Å²) in [5, 5.41) is 8.43. The molecule has 0 radical (unpaired) electrons.